The van der Waals surface area contributed by atoms with Crippen molar-refractivity contribution >= 4 is 17.6 Å². The fraction of sp³-hybridized carbons (Fsp3) is 0.375. The molecule has 1 amide bonds. The van der Waals surface area contributed by atoms with Crippen LogP contribution in [0, 0.1) is 0 Å². The van der Waals surface area contributed by atoms with E-state index in [2.05, 4.69) is 5.32 Å². The molecule has 0 spiro atoms. The van der Waals surface area contributed by atoms with E-state index in [1.807, 2.05) is 38.1 Å². The first-order chi connectivity index (χ1) is 9.67. The van der Waals surface area contributed by atoms with Crippen LogP contribution < -0.4 is 5.32 Å². The van der Waals surface area contributed by atoms with Crippen LogP contribution in [0.4, 0.5) is 5.69 Å². The zero-order valence-corrected chi connectivity index (χ0v) is 12.0. The van der Waals surface area contributed by atoms with E-state index in [1.54, 1.807) is 0 Å². The van der Waals surface area contributed by atoms with Crippen molar-refractivity contribution in [3.63, 3.8) is 0 Å². The Balaban J connectivity index is 2.48. The van der Waals surface area contributed by atoms with E-state index in [1.165, 1.54) is 6.08 Å². The highest BCUT2D eigenvalue weighted by molar-refractivity contribution is 6.02. The lowest BCUT2D eigenvalue weighted by Crippen LogP contribution is -2.11. The zero-order chi connectivity index (χ0) is 14.8. The largest absolute Gasteiger partial charge is 0.463 e. The smallest absolute Gasteiger partial charge is 0.330 e. The quantitative estimate of drug-likeness (QED) is 0.472. The maximum absolute atomic E-state index is 11.7. The van der Waals surface area contributed by atoms with Gasteiger partial charge < -0.3 is 10.1 Å². The van der Waals surface area contributed by atoms with Crippen molar-refractivity contribution in [2.45, 2.75) is 33.1 Å². The molecule has 0 atom stereocenters. The number of benzene rings is 1. The lowest BCUT2D eigenvalue weighted by atomic mass is 10.1. The first-order valence-electron chi connectivity index (χ1n) is 6.91. The van der Waals surface area contributed by atoms with Gasteiger partial charge in [-0.2, -0.15) is 0 Å². The lowest BCUT2D eigenvalue weighted by Gasteiger charge is -2.07. The molecule has 0 aliphatic carbocycles. The van der Waals surface area contributed by atoms with Crippen LogP contribution in [0.3, 0.4) is 0 Å². The average Bonchev–Trinajstić information content (AvgIpc) is 2.46. The molecule has 1 aromatic rings. The number of anilines is 1. The first kappa shape index (κ1) is 16.0. The molecule has 1 aromatic carbocycles. The van der Waals surface area contributed by atoms with E-state index in [0.29, 0.717) is 6.61 Å². The normalized spacial score (nSPS) is 10.5. The predicted molar refractivity (Wildman–Crippen MR) is 79.5 cm³/mol. The number of para-hydroxylation sites is 1. The second-order valence-corrected chi connectivity index (χ2v) is 4.35. The molecule has 0 heterocycles. The van der Waals surface area contributed by atoms with Gasteiger partial charge in [0.1, 0.15) is 0 Å². The van der Waals surface area contributed by atoms with Gasteiger partial charge in [0.25, 0.3) is 0 Å². The van der Waals surface area contributed by atoms with Gasteiger partial charge >= 0.3 is 5.97 Å². The number of carbonyl (C=O) groups is 2. The molecule has 0 fully saturated rings. The Labute approximate surface area is 119 Å². The van der Waals surface area contributed by atoms with Crippen molar-refractivity contribution in [3.8, 4) is 0 Å². The van der Waals surface area contributed by atoms with E-state index >= 15 is 0 Å². The van der Waals surface area contributed by atoms with E-state index in [4.69, 9.17) is 4.74 Å². The molecule has 0 radical (unpaired) electrons. The van der Waals surface area contributed by atoms with Gasteiger partial charge in [0, 0.05) is 17.8 Å². The first-order valence-corrected chi connectivity index (χ1v) is 6.91. The van der Waals surface area contributed by atoms with E-state index in [9.17, 15) is 9.59 Å². The molecular formula is C16H21NO3. The van der Waals surface area contributed by atoms with Gasteiger partial charge in [-0.3, -0.25) is 4.79 Å². The summed E-state index contributed by atoms with van der Waals surface area (Å²) >= 11 is 0. The fourth-order valence-electron chi connectivity index (χ4n) is 1.63. The van der Waals surface area contributed by atoms with Crippen LogP contribution in [0.15, 0.2) is 36.4 Å². The number of aryl methyl sites for hydroxylation is 1. The van der Waals surface area contributed by atoms with Crippen LogP contribution in [0.25, 0.3) is 0 Å². The number of rotatable bonds is 7. The molecule has 0 aliphatic heterocycles. The molecule has 0 unspecified atom stereocenters. The molecule has 0 aliphatic rings. The second-order valence-electron chi connectivity index (χ2n) is 4.35. The minimum absolute atomic E-state index is 0.335. The molecule has 0 saturated heterocycles. The van der Waals surface area contributed by atoms with Crippen molar-refractivity contribution in [1.82, 2.24) is 0 Å². The molecule has 0 saturated carbocycles. The van der Waals surface area contributed by atoms with E-state index in [0.717, 1.165) is 36.6 Å². The third-order valence-electron chi connectivity index (χ3n) is 2.77. The lowest BCUT2D eigenvalue weighted by molar-refractivity contribution is -0.138. The molecule has 1 rings (SSSR count). The predicted octanol–water partition coefficient (Wildman–Crippen LogP) is 3.09. The SMILES string of the molecule is CCCCOC(=O)/C=C/C(=O)Nc1ccccc1CC. The highest BCUT2D eigenvalue weighted by Gasteiger charge is 2.03. The van der Waals surface area contributed by atoms with Gasteiger partial charge in [-0.1, -0.05) is 38.5 Å². The number of nitrogens with one attached hydrogen (secondary N) is 1. The Hall–Kier alpha value is -2.10. The van der Waals surface area contributed by atoms with Crippen molar-refractivity contribution < 1.29 is 14.3 Å². The summed E-state index contributed by atoms with van der Waals surface area (Å²) in [5, 5.41) is 2.75. The van der Waals surface area contributed by atoms with Crippen LogP contribution >= 0.6 is 0 Å². The summed E-state index contributed by atoms with van der Waals surface area (Å²) in [7, 11) is 0. The number of amides is 1. The summed E-state index contributed by atoms with van der Waals surface area (Å²) < 4.78 is 4.92. The third kappa shape index (κ3) is 5.69. The van der Waals surface area contributed by atoms with Crippen LogP contribution in [0.1, 0.15) is 32.3 Å². The van der Waals surface area contributed by atoms with Gasteiger partial charge in [-0.15, -0.1) is 0 Å². The summed E-state index contributed by atoms with van der Waals surface area (Å²) in [6.07, 6.45) is 4.97. The average molecular weight is 275 g/mol. The van der Waals surface area contributed by atoms with Gasteiger partial charge in [-0.05, 0) is 24.5 Å². The molecule has 1 N–H and O–H groups in total. The van der Waals surface area contributed by atoms with Crippen molar-refractivity contribution in [2.75, 3.05) is 11.9 Å². The summed E-state index contributed by atoms with van der Waals surface area (Å²) in [5.41, 5.74) is 1.82. The van der Waals surface area contributed by atoms with Gasteiger partial charge in [0.2, 0.25) is 5.91 Å². The number of unbranched alkanes of at least 4 members (excludes halogenated alkanes) is 1. The molecule has 20 heavy (non-hydrogen) atoms. The van der Waals surface area contributed by atoms with Crippen molar-refractivity contribution in [1.29, 1.82) is 0 Å². The molecule has 108 valence electrons. The van der Waals surface area contributed by atoms with Gasteiger partial charge in [0.05, 0.1) is 6.61 Å². The van der Waals surface area contributed by atoms with Crippen LogP contribution in [-0.4, -0.2) is 18.5 Å². The Kier molecular flexibility index (Phi) is 7.11. The zero-order valence-electron chi connectivity index (χ0n) is 12.0. The van der Waals surface area contributed by atoms with Gasteiger partial charge in [0.15, 0.2) is 0 Å². The third-order valence-corrected chi connectivity index (χ3v) is 2.77. The van der Waals surface area contributed by atoms with Crippen molar-refractivity contribution in [3.05, 3.63) is 42.0 Å². The fourth-order valence-corrected chi connectivity index (χ4v) is 1.63. The molecule has 4 heteroatoms. The summed E-state index contributed by atoms with van der Waals surface area (Å²) in [6, 6.07) is 7.58. The Morgan fingerprint density at radius 3 is 2.65 bits per heavy atom. The minimum atomic E-state index is -0.489. The molecule has 0 aromatic heterocycles. The van der Waals surface area contributed by atoms with Crippen LogP contribution in [0.2, 0.25) is 0 Å². The number of hydrogen-bond donors (Lipinski definition) is 1. The summed E-state index contributed by atoms with van der Waals surface area (Å²) in [4.78, 5) is 23.0. The highest BCUT2D eigenvalue weighted by atomic mass is 16.5. The van der Waals surface area contributed by atoms with Gasteiger partial charge in [-0.25, -0.2) is 4.79 Å². The molecule has 4 nitrogen and oxygen atoms in total. The second kappa shape index (κ2) is 8.91. The standard InChI is InChI=1S/C16H21NO3/c1-3-5-12-20-16(19)11-10-15(18)17-14-9-7-6-8-13(14)4-2/h6-11H,3-5,12H2,1-2H3,(H,17,18)/b11-10+. The highest BCUT2D eigenvalue weighted by Crippen LogP contribution is 2.15. The van der Waals surface area contributed by atoms with E-state index < -0.39 is 5.97 Å². The van der Waals surface area contributed by atoms with Crippen LogP contribution in [0.5, 0.6) is 0 Å². The van der Waals surface area contributed by atoms with Crippen molar-refractivity contribution in [2.24, 2.45) is 0 Å². The summed E-state index contributed by atoms with van der Waals surface area (Å²) in [5.74, 6) is -0.823. The Bertz CT molecular complexity index is 480. The number of carbonyl (C=O) groups excluding carboxylic acids is 2. The minimum Gasteiger partial charge on any atom is -0.463 e. The maximum atomic E-state index is 11.7. The molecular weight excluding hydrogens is 254 g/mol. The topological polar surface area (TPSA) is 55.4 Å². The number of esters is 1. The summed E-state index contributed by atoms with van der Waals surface area (Å²) in [6.45, 7) is 4.42. The Morgan fingerprint density at radius 1 is 1.20 bits per heavy atom. The van der Waals surface area contributed by atoms with E-state index in [-0.39, 0.29) is 5.91 Å². The maximum Gasteiger partial charge on any atom is 0.330 e. The van der Waals surface area contributed by atoms with Crippen LogP contribution in [-0.2, 0) is 20.7 Å². The molecule has 0 bridgehead atoms. The Morgan fingerprint density at radius 2 is 1.95 bits per heavy atom. The monoisotopic (exact) mass is 275 g/mol. The number of ether oxygens (including phenoxy) is 1. The number of hydrogen-bond acceptors (Lipinski definition) is 3.